The minimum absolute atomic E-state index is 0.0620. The number of amides is 1. The van der Waals surface area contributed by atoms with Crippen LogP contribution >= 0.6 is 0 Å². The Balaban J connectivity index is 1.67. The molecule has 4 heteroatoms. The lowest BCUT2D eigenvalue weighted by atomic mass is 10.1. The van der Waals surface area contributed by atoms with Gasteiger partial charge in [-0.25, -0.2) is 0 Å². The van der Waals surface area contributed by atoms with Gasteiger partial charge in [0.05, 0.1) is 6.04 Å². The molecule has 1 fully saturated rings. The Morgan fingerprint density at radius 2 is 2.11 bits per heavy atom. The minimum atomic E-state index is -0.464. The Hall–Kier alpha value is -1.39. The molecule has 1 aromatic rings. The molecule has 1 unspecified atom stereocenters. The molecule has 1 aliphatic rings. The molecule has 0 spiro atoms. The summed E-state index contributed by atoms with van der Waals surface area (Å²) >= 11 is 0. The summed E-state index contributed by atoms with van der Waals surface area (Å²) in [5.41, 5.74) is 7.01. The Kier molecular flexibility index (Phi) is 4.93. The van der Waals surface area contributed by atoms with E-state index in [2.05, 4.69) is 17.3 Å². The fraction of sp³-hybridized carbons (Fsp3) is 0.533. The first-order chi connectivity index (χ1) is 9.16. The lowest BCUT2D eigenvalue weighted by molar-refractivity contribution is -0.122. The van der Waals surface area contributed by atoms with E-state index in [9.17, 15) is 4.79 Å². The van der Waals surface area contributed by atoms with Crippen LogP contribution in [0.4, 0.5) is 0 Å². The second-order valence-corrected chi connectivity index (χ2v) is 5.30. The maximum atomic E-state index is 11.9. The van der Waals surface area contributed by atoms with Crippen LogP contribution in [-0.2, 0) is 11.2 Å². The van der Waals surface area contributed by atoms with E-state index in [1.165, 1.54) is 12.8 Å². The second-order valence-electron chi connectivity index (χ2n) is 5.30. The number of carbonyl (C=O) groups is 1. The number of rotatable bonds is 7. The summed E-state index contributed by atoms with van der Waals surface area (Å²) < 4.78 is 0. The van der Waals surface area contributed by atoms with Crippen LogP contribution in [0.3, 0.4) is 0 Å². The molecule has 104 valence electrons. The minimum Gasteiger partial charge on any atom is -0.353 e. The summed E-state index contributed by atoms with van der Waals surface area (Å²) in [6.07, 6.45) is 3.17. The molecule has 2 rings (SSSR count). The molecule has 1 aromatic carbocycles. The first-order valence-electron chi connectivity index (χ1n) is 6.94. The highest BCUT2D eigenvalue weighted by atomic mass is 16.2. The van der Waals surface area contributed by atoms with Crippen molar-refractivity contribution in [3.05, 3.63) is 35.9 Å². The van der Waals surface area contributed by atoms with Gasteiger partial charge in [0.25, 0.3) is 0 Å². The number of nitrogens with one attached hydrogen (secondary N) is 1. The summed E-state index contributed by atoms with van der Waals surface area (Å²) in [6, 6.07) is 10.1. The van der Waals surface area contributed by atoms with E-state index >= 15 is 0 Å². The third-order valence-electron chi connectivity index (χ3n) is 3.57. The topological polar surface area (TPSA) is 58.4 Å². The molecule has 0 aliphatic heterocycles. The molecule has 0 radical (unpaired) electrons. The van der Waals surface area contributed by atoms with E-state index in [1.807, 2.05) is 30.3 Å². The Labute approximate surface area is 115 Å². The van der Waals surface area contributed by atoms with Gasteiger partial charge in [-0.1, -0.05) is 30.3 Å². The molecule has 0 aromatic heterocycles. The van der Waals surface area contributed by atoms with E-state index in [4.69, 9.17) is 5.73 Å². The molecule has 0 heterocycles. The lowest BCUT2D eigenvalue weighted by Crippen LogP contribution is -2.44. The maximum absolute atomic E-state index is 11.9. The lowest BCUT2D eigenvalue weighted by Gasteiger charge is -2.17. The number of likely N-dealkylation sites (N-methyl/N-ethyl adjacent to an activating group) is 1. The van der Waals surface area contributed by atoms with E-state index in [-0.39, 0.29) is 5.91 Å². The van der Waals surface area contributed by atoms with Crippen molar-refractivity contribution in [2.24, 2.45) is 5.73 Å². The monoisotopic (exact) mass is 261 g/mol. The van der Waals surface area contributed by atoms with Gasteiger partial charge < -0.3 is 16.0 Å². The van der Waals surface area contributed by atoms with Crippen LogP contribution in [-0.4, -0.2) is 43.0 Å². The number of nitrogens with two attached hydrogens (primary N) is 1. The largest absolute Gasteiger partial charge is 0.353 e. The van der Waals surface area contributed by atoms with Crippen molar-refractivity contribution in [1.29, 1.82) is 0 Å². The van der Waals surface area contributed by atoms with Crippen molar-refractivity contribution in [1.82, 2.24) is 10.2 Å². The fourth-order valence-electron chi connectivity index (χ4n) is 2.15. The van der Waals surface area contributed by atoms with Crippen LogP contribution in [0.1, 0.15) is 18.4 Å². The van der Waals surface area contributed by atoms with Crippen molar-refractivity contribution < 1.29 is 4.79 Å². The Morgan fingerprint density at radius 3 is 2.74 bits per heavy atom. The van der Waals surface area contributed by atoms with Gasteiger partial charge in [-0.2, -0.15) is 0 Å². The zero-order valence-electron chi connectivity index (χ0n) is 11.5. The zero-order chi connectivity index (χ0) is 13.7. The molecule has 0 saturated heterocycles. The van der Waals surface area contributed by atoms with Gasteiger partial charge >= 0.3 is 0 Å². The first kappa shape index (κ1) is 14.0. The van der Waals surface area contributed by atoms with Crippen molar-refractivity contribution in [3.63, 3.8) is 0 Å². The summed E-state index contributed by atoms with van der Waals surface area (Å²) in [4.78, 5) is 14.2. The predicted octanol–water partition coefficient (Wildman–Crippen LogP) is 0.767. The van der Waals surface area contributed by atoms with Crippen molar-refractivity contribution >= 4 is 5.91 Å². The van der Waals surface area contributed by atoms with Gasteiger partial charge in [-0.3, -0.25) is 4.79 Å². The first-order valence-corrected chi connectivity index (χ1v) is 6.94. The standard InChI is InChI=1S/C15H23N3O/c1-18(13-7-8-13)10-9-17-15(19)14(16)11-12-5-3-2-4-6-12/h2-6,13-14H,7-11,16H2,1H3,(H,17,19). The highest BCUT2D eigenvalue weighted by Crippen LogP contribution is 2.24. The molecule has 1 saturated carbocycles. The molecule has 3 N–H and O–H groups in total. The molecular formula is C15H23N3O. The normalized spacial score (nSPS) is 16.4. The maximum Gasteiger partial charge on any atom is 0.237 e. The molecule has 19 heavy (non-hydrogen) atoms. The van der Waals surface area contributed by atoms with Crippen LogP contribution < -0.4 is 11.1 Å². The van der Waals surface area contributed by atoms with E-state index in [1.54, 1.807) is 0 Å². The Bertz CT molecular complexity index is 403. The number of nitrogens with zero attached hydrogens (tertiary/aromatic N) is 1. The highest BCUT2D eigenvalue weighted by molar-refractivity contribution is 5.81. The SMILES string of the molecule is CN(CCNC(=O)C(N)Cc1ccccc1)C1CC1. The van der Waals surface area contributed by atoms with Crippen molar-refractivity contribution in [3.8, 4) is 0 Å². The molecule has 1 amide bonds. The third-order valence-corrected chi connectivity index (χ3v) is 3.57. The van der Waals surface area contributed by atoms with Crippen LogP contribution in [0.15, 0.2) is 30.3 Å². The molecule has 1 atom stereocenters. The summed E-state index contributed by atoms with van der Waals surface area (Å²) in [7, 11) is 2.10. The fourth-order valence-corrected chi connectivity index (χ4v) is 2.15. The van der Waals surface area contributed by atoms with E-state index < -0.39 is 6.04 Å². The smallest absolute Gasteiger partial charge is 0.237 e. The summed E-state index contributed by atoms with van der Waals surface area (Å²) in [5.74, 6) is -0.0620. The molecule has 1 aliphatic carbocycles. The van der Waals surface area contributed by atoms with Crippen molar-refractivity contribution in [2.45, 2.75) is 31.3 Å². The average molecular weight is 261 g/mol. The van der Waals surface area contributed by atoms with Crippen LogP contribution in [0.5, 0.6) is 0 Å². The molecule has 0 bridgehead atoms. The zero-order valence-corrected chi connectivity index (χ0v) is 11.5. The molecular weight excluding hydrogens is 238 g/mol. The van der Waals surface area contributed by atoms with E-state index in [0.29, 0.717) is 13.0 Å². The van der Waals surface area contributed by atoms with E-state index in [0.717, 1.165) is 18.2 Å². The predicted molar refractivity (Wildman–Crippen MR) is 76.8 cm³/mol. The van der Waals surface area contributed by atoms with Gasteiger partial charge in [-0.05, 0) is 31.9 Å². The van der Waals surface area contributed by atoms with Crippen LogP contribution in [0.25, 0.3) is 0 Å². The quantitative estimate of drug-likeness (QED) is 0.762. The van der Waals surface area contributed by atoms with Gasteiger partial charge in [0.15, 0.2) is 0 Å². The second kappa shape index (κ2) is 6.68. The van der Waals surface area contributed by atoms with Gasteiger partial charge in [-0.15, -0.1) is 0 Å². The Morgan fingerprint density at radius 1 is 1.42 bits per heavy atom. The third kappa shape index (κ3) is 4.65. The van der Waals surface area contributed by atoms with Gasteiger partial charge in [0.2, 0.25) is 5.91 Å². The number of benzene rings is 1. The van der Waals surface area contributed by atoms with Crippen LogP contribution in [0, 0.1) is 0 Å². The van der Waals surface area contributed by atoms with Gasteiger partial charge in [0.1, 0.15) is 0 Å². The summed E-state index contributed by atoms with van der Waals surface area (Å²) in [5, 5.41) is 2.91. The number of carbonyl (C=O) groups excluding carboxylic acids is 1. The molecule has 4 nitrogen and oxygen atoms in total. The number of hydrogen-bond donors (Lipinski definition) is 2. The summed E-state index contributed by atoms with van der Waals surface area (Å²) in [6.45, 7) is 1.57. The number of hydrogen-bond acceptors (Lipinski definition) is 3. The van der Waals surface area contributed by atoms with Crippen LogP contribution in [0.2, 0.25) is 0 Å². The van der Waals surface area contributed by atoms with Gasteiger partial charge in [0, 0.05) is 19.1 Å². The average Bonchev–Trinajstić information content (AvgIpc) is 3.24. The highest BCUT2D eigenvalue weighted by Gasteiger charge is 2.25. The van der Waals surface area contributed by atoms with Crippen molar-refractivity contribution in [2.75, 3.05) is 20.1 Å².